The third kappa shape index (κ3) is 3.82. The van der Waals surface area contributed by atoms with E-state index in [-0.39, 0.29) is 11.7 Å². The van der Waals surface area contributed by atoms with Gasteiger partial charge in [0.1, 0.15) is 5.75 Å². The first-order valence-electron chi connectivity index (χ1n) is 6.47. The Balaban J connectivity index is 2.04. The molecular formula is C16H15NO4. The van der Waals surface area contributed by atoms with E-state index in [1.54, 1.807) is 31.2 Å². The Kier molecular flexibility index (Phi) is 4.56. The summed E-state index contributed by atoms with van der Waals surface area (Å²) in [5.74, 6) is -0.585. The van der Waals surface area contributed by atoms with Gasteiger partial charge in [-0.2, -0.15) is 0 Å². The summed E-state index contributed by atoms with van der Waals surface area (Å²) in [6, 6.07) is 12.4. The van der Waals surface area contributed by atoms with E-state index in [1.165, 1.54) is 24.3 Å². The number of amides is 1. The van der Waals surface area contributed by atoms with E-state index in [4.69, 9.17) is 4.74 Å². The highest BCUT2D eigenvalue weighted by atomic mass is 16.5. The zero-order valence-corrected chi connectivity index (χ0v) is 11.5. The Morgan fingerprint density at radius 2 is 1.57 bits per heavy atom. The average molecular weight is 285 g/mol. The lowest BCUT2D eigenvalue weighted by Gasteiger charge is -2.06. The molecule has 2 N–H and O–H groups in total. The van der Waals surface area contributed by atoms with Crippen LogP contribution in [0.3, 0.4) is 0 Å². The smallest absolute Gasteiger partial charge is 0.338 e. The monoisotopic (exact) mass is 285 g/mol. The molecule has 1 amide bonds. The predicted molar refractivity (Wildman–Crippen MR) is 78.5 cm³/mol. The van der Waals surface area contributed by atoms with Gasteiger partial charge in [-0.15, -0.1) is 0 Å². The Morgan fingerprint density at radius 3 is 2.14 bits per heavy atom. The van der Waals surface area contributed by atoms with Crippen LogP contribution < -0.4 is 5.32 Å². The van der Waals surface area contributed by atoms with Crippen LogP contribution in [-0.2, 0) is 4.74 Å². The van der Waals surface area contributed by atoms with Gasteiger partial charge in [-0.1, -0.05) is 0 Å². The number of carbonyl (C=O) groups excluding carboxylic acids is 2. The molecule has 21 heavy (non-hydrogen) atoms. The highest BCUT2D eigenvalue weighted by molar-refractivity contribution is 6.04. The Morgan fingerprint density at radius 1 is 1.00 bits per heavy atom. The van der Waals surface area contributed by atoms with Crippen LogP contribution in [0.2, 0.25) is 0 Å². The van der Waals surface area contributed by atoms with Gasteiger partial charge in [0.15, 0.2) is 0 Å². The van der Waals surface area contributed by atoms with Crippen molar-refractivity contribution >= 4 is 17.6 Å². The normalized spacial score (nSPS) is 9.95. The molecule has 0 unspecified atom stereocenters. The quantitative estimate of drug-likeness (QED) is 0.847. The number of benzene rings is 2. The van der Waals surface area contributed by atoms with E-state index in [0.29, 0.717) is 23.4 Å². The maximum absolute atomic E-state index is 12.0. The topological polar surface area (TPSA) is 75.6 Å². The standard InChI is InChI=1S/C16H15NO4/c1-2-21-16(20)12-3-7-13(8-4-12)17-15(19)11-5-9-14(18)10-6-11/h3-10,18H,2H2,1H3,(H,17,19). The second kappa shape index (κ2) is 6.56. The van der Waals surface area contributed by atoms with Crippen molar-refractivity contribution in [2.75, 3.05) is 11.9 Å². The molecule has 0 saturated heterocycles. The third-order valence-electron chi connectivity index (χ3n) is 2.78. The molecule has 0 bridgehead atoms. The SMILES string of the molecule is CCOC(=O)c1ccc(NC(=O)c2ccc(O)cc2)cc1. The molecule has 5 nitrogen and oxygen atoms in total. The van der Waals surface area contributed by atoms with Crippen LogP contribution in [0.15, 0.2) is 48.5 Å². The molecule has 0 aliphatic heterocycles. The van der Waals surface area contributed by atoms with Crippen molar-refractivity contribution < 1.29 is 19.4 Å². The molecule has 0 fully saturated rings. The maximum atomic E-state index is 12.0. The summed E-state index contributed by atoms with van der Waals surface area (Å²) in [5, 5.41) is 11.9. The van der Waals surface area contributed by atoms with E-state index >= 15 is 0 Å². The van der Waals surface area contributed by atoms with Crippen molar-refractivity contribution in [1.82, 2.24) is 0 Å². The fraction of sp³-hybridized carbons (Fsp3) is 0.125. The molecular weight excluding hydrogens is 270 g/mol. The van der Waals surface area contributed by atoms with Crippen molar-refractivity contribution in [2.45, 2.75) is 6.92 Å². The summed E-state index contributed by atoms with van der Waals surface area (Å²) in [7, 11) is 0. The molecule has 2 rings (SSSR count). The molecule has 0 saturated carbocycles. The summed E-state index contributed by atoms with van der Waals surface area (Å²) in [6.45, 7) is 2.06. The van der Waals surface area contributed by atoms with E-state index in [2.05, 4.69) is 5.32 Å². The van der Waals surface area contributed by atoms with Crippen LogP contribution in [0.1, 0.15) is 27.6 Å². The minimum Gasteiger partial charge on any atom is -0.508 e. The second-order valence-corrected chi connectivity index (χ2v) is 4.30. The number of nitrogens with one attached hydrogen (secondary N) is 1. The van der Waals surface area contributed by atoms with E-state index < -0.39 is 5.97 Å². The van der Waals surface area contributed by atoms with Gasteiger partial charge in [0.2, 0.25) is 0 Å². The minimum absolute atomic E-state index is 0.102. The average Bonchev–Trinajstić information content (AvgIpc) is 2.49. The minimum atomic E-state index is -0.395. The van der Waals surface area contributed by atoms with Crippen LogP contribution in [0.5, 0.6) is 5.75 Å². The summed E-state index contributed by atoms with van der Waals surface area (Å²) in [6.07, 6.45) is 0. The van der Waals surface area contributed by atoms with Crippen LogP contribution >= 0.6 is 0 Å². The van der Waals surface area contributed by atoms with Gasteiger partial charge < -0.3 is 15.2 Å². The molecule has 2 aromatic rings. The zero-order chi connectivity index (χ0) is 15.2. The zero-order valence-electron chi connectivity index (χ0n) is 11.5. The first kappa shape index (κ1) is 14.6. The molecule has 0 spiro atoms. The summed E-state index contributed by atoms with van der Waals surface area (Å²) >= 11 is 0. The molecule has 0 radical (unpaired) electrons. The van der Waals surface area contributed by atoms with Crippen LogP contribution in [0, 0.1) is 0 Å². The molecule has 2 aromatic carbocycles. The number of anilines is 1. The Bertz CT molecular complexity index is 632. The van der Waals surface area contributed by atoms with Crippen LogP contribution in [0.25, 0.3) is 0 Å². The van der Waals surface area contributed by atoms with Gasteiger partial charge in [-0.3, -0.25) is 4.79 Å². The lowest BCUT2D eigenvalue weighted by Crippen LogP contribution is -2.12. The maximum Gasteiger partial charge on any atom is 0.338 e. The molecule has 0 aromatic heterocycles. The molecule has 0 aliphatic rings. The first-order valence-corrected chi connectivity index (χ1v) is 6.47. The molecule has 5 heteroatoms. The molecule has 0 atom stereocenters. The number of phenolic OH excluding ortho intramolecular Hbond substituents is 1. The van der Waals surface area contributed by atoms with Crippen molar-refractivity contribution in [1.29, 1.82) is 0 Å². The Hall–Kier alpha value is -2.82. The van der Waals surface area contributed by atoms with Gasteiger partial charge in [0.25, 0.3) is 5.91 Å². The second-order valence-electron chi connectivity index (χ2n) is 4.30. The Labute approximate surface area is 122 Å². The molecule has 0 aliphatic carbocycles. The van der Waals surface area contributed by atoms with Gasteiger partial charge in [-0.25, -0.2) is 4.79 Å². The van der Waals surface area contributed by atoms with Crippen LogP contribution in [0.4, 0.5) is 5.69 Å². The number of hydrogen-bond donors (Lipinski definition) is 2. The number of phenols is 1. The van der Waals surface area contributed by atoms with Crippen molar-refractivity contribution in [3.63, 3.8) is 0 Å². The highest BCUT2D eigenvalue weighted by Crippen LogP contribution is 2.14. The van der Waals surface area contributed by atoms with Gasteiger partial charge >= 0.3 is 5.97 Å². The number of hydrogen-bond acceptors (Lipinski definition) is 4. The van der Waals surface area contributed by atoms with E-state index in [1.807, 2.05) is 0 Å². The van der Waals surface area contributed by atoms with Crippen molar-refractivity contribution in [3.8, 4) is 5.75 Å². The summed E-state index contributed by atoms with van der Waals surface area (Å²) in [5.41, 5.74) is 1.43. The number of ether oxygens (including phenoxy) is 1. The number of carbonyl (C=O) groups is 2. The fourth-order valence-electron chi connectivity index (χ4n) is 1.72. The number of esters is 1. The lowest BCUT2D eigenvalue weighted by molar-refractivity contribution is 0.0526. The van der Waals surface area contributed by atoms with Gasteiger partial charge in [0, 0.05) is 11.3 Å². The van der Waals surface area contributed by atoms with E-state index in [9.17, 15) is 14.7 Å². The van der Waals surface area contributed by atoms with Crippen molar-refractivity contribution in [2.24, 2.45) is 0 Å². The van der Waals surface area contributed by atoms with Gasteiger partial charge in [-0.05, 0) is 55.5 Å². The number of rotatable bonds is 4. The van der Waals surface area contributed by atoms with Crippen LogP contribution in [-0.4, -0.2) is 23.6 Å². The first-order chi connectivity index (χ1) is 10.1. The van der Waals surface area contributed by atoms with E-state index in [0.717, 1.165) is 0 Å². The van der Waals surface area contributed by atoms with Gasteiger partial charge in [0.05, 0.1) is 12.2 Å². The largest absolute Gasteiger partial charge is 0.508 e. The highest BCUT2D eigenvalue weighted by Gasteiger charge is 2.08. The molecule has 0 heterocycles. The predicted octanol–water partition coefficient (Wildman–Crippen LogP) is 2.82. The van der Waals surface area contributed by atoms with Crippen molar-refractivity contribution in [3.05, 3.63) is 59.7 Å². The third-order valence-corrected chi connectivity index (χ3v) is 2.78. The summed E-state index contributed by atoms with van der Waals surface area (Å²) < 4.78 is 4.88. The molecule has 108 valence electrons. The summed E-state index contributed by atoms with van der Waals surface area (Å²) in [4.78, 5) is 23.5. The lowest BCUT2D eigenvalue weighted by atomic mass is 10.2. The fourth-order valence-corrected chi connectivity index (χ4v) is 1.72. The number of aromatic hydroxyl groups is 1.